The summed E-state index contributed by atoms with van der Waals surface area (Å²) in [6, 6.07) is 30.3. The van der Waals surface area contributed by atoms with Crippen molar-refractivity contribution in [3.8, 4) is 0 Å². The van der Waals surface area contributed by atoms with Crippen molar-refractivity contribution in [2.75, 3.05) is 6.61 Å². The SMILES string of the molecule is CC(=O)O[C@@H]1[C@H]2OC(C)(C)O[C@H]2O[C@@H]1COC(c1ccccc1)(c1ccccc1)c1ccccc1. The lowest BCUT2D eigenvalue weighted by Gasteiger charge is -2.37. The van der Waals surface area contributed by atoms with Gasteiger partial charge in [0, 0.05) is 6.92 Å². The summed E-state index contributed by atoms with van der Waals surface area (Å²) >= 11 is 0. The van der Waals surface area contributed by atoms with E-state index in [0.717, 1.165) is 16.7 Å². The first-order valence-electron chi connectivity index (χ1n) is 11.9. The van der Waals surface area contributed by atoms with Gasteiger partial charge in [-0.05, 0) is 30.5 Å². The molecule has 2 aliphatic heterocycles. The summed E-state index contributed by atoms with van der Waals surface area (Å²) in [6.07, 6.45) is -2.38. The van der Waals surface area contributed by atoms with Gasteiger partial charge in [0.25, 0.3) is 0 Å². The summed E-state index contributed by atoms with van der Waals surface area (Å²) in [5, 5.41) is 0. The summed E-state index contributed by atoms with van der Waals surface area (Å²) in [7, 11) is 0. The number of benzene rings is 3. The zero-order valence-electron chi connectivity index (χ0n) is 20.1. The van der Waals surface area contributed by atoms with Crippen LogP contribution in [0.15, 0.2) is 91.0 Å². The molecule has 0 unspecified atom stereocenters. The third kappa shape index (κ3) is 4.62. The van der Waals surface area contributed by atoms with Crippen LogP contribution in [-0.2, 0) is 34.1 Å². The quantitative estimate of drug-likeness (QED) is 0.362. The van der Waals surface area contributed by atoms with E-state index in [0.29, 0.717) is 0 Å². The number of carbonyl (C=O) groups is 1. The highest BCUT2D eigenvalue weighted by atomic mass is 16.8. The molecule has 2 heterocycles. The van der Waals surface area contributed by atoms with Gasteiger partial charge in [-0.1, -0.05) is 91.0 Å². The van der Waals surface area contributed by atoms with E-state index in [9.17, 15) is 4.79 Å². The second-order valence-corrected chi connectivity index (χ2v) is 9.31. The molecular formula is C29H30O6. The summed E-state index contributed by atoms with van der Waals surface area (Å²) in [5.41, 5.74) is 2.03. The Kier molecular flexibility index (Phi) is 6.47. The fourth-order valence-corrected chi connectivity index (χ4v) is 4.99. The normalized spacial score (nSPS) is 25.2. The predicted octanol–water partition coefficient (Wildman–Crippen LogP) is 4.80. The summed E-state index contributed by atoms with van der Waals surface area (Å²) < 4.78 is 30.7. The van der Waals surface area contributed by atoms with Crippen LogP contribution in [0.5, 0.6) is 0 Å². The molecule has 4 atom stereocenters. The van der Waals surface area contributed by atoms with E-state index in [1.165, 1.54) is 6.92 Å². The van der Waals surface area contributed by atoms with Crippen molar-refractivity contribution in [3.05, 3.63) is 108 Å². The maximum Gasteiger partial charge on any atom is 0.303 e. The Hall–Kier alpha value is -3.03. The molecule has 182 valence electrons. The molecule has 6 nitrogen and oxygen atoms in total. The molecule has 2 fully saturated rings. The molecule has 5 rings (SSSR count). The van der Waals surface area contributed by atoms with Crippen LogP contribution in [0.2, 0.25) is 0 Å². The van der Waals surface area contributed by atoms with E-state index in [1.807, 2.05) is 68.4 Å². The zero-order valence-corrected chi connectivity index (χ0v) is 20.1. The van der Waals surface area contributed by atoms with Crippen molar-refractivity contribution >= 4 is 5.97 Å². The maximum absolute atomic E-state index is 11.9. The second kappa shape index (κ2) is 9.55. The third-order valence-corrected chi connectivity index (χ3v) is 6.39. The van der Waals surface area contributed by atoms with Crippen LogP contribution in [0.3, 0.4) is 0 Å². The van der Waals surface area contributed by atoms with Crippen LogP contribution in [0.25, 0.3) is 0 Å². The topological polar surface area (TPSA) is 63.2 Å². The molecule has 0 saturated carbocycles. The number of ether oxygens (including phenoxy) is 5. The fraction of sp³-hybridized carbons (Fsp3) is 0.345. The van der Waals surface area contributed by atoms with E-state index in [1.54, 1.807) is 0 Å². The van der Waals surface area contributed by atoms with Crippen LogP contribution in [0.1, 0.15) is 37.5 Å². The van der Waals surface area contributed by atoms with E-state index >= 15 is 0 Å². The van der Waals surface area contributed by atoms with Crippen molar-refractivity contribution in [1.29, 1.82) is 0 Å². The number of esters is 1. The molecule has 0 aliphatic carbocycles. The van der Waals surface area contributed by atoms with Crippen molar-refractivity contribution in [1.82, 2.24) is 0 Å². The number of carbonyl (C=O) groups excluding carboxylic acids is 1. The molecule has 35 heavy (non-hydrogen) atoms. The van der Waals surface area contributed by atoms with Crippen molar-refractivity contribution < 1.29 is 28.5 Å². The highest BCUT2D eigenvalue weighted by Crippen LogP contribution is 2.43. The van der Waals surface area contributed by atoms with Crippen LogP contribution >= 0.6 is 0 Å². The Bertz CT molecular complexity index is 1030. The average molecular weight is 475 g/mol. The predicted molar refractivity (Wildman–Crippen MR) is 129 cm³/mol. The molecule has 0 amide bonds. The number of rotatable bonds is 7. The van der Waals surface area contributed by atoms with Crippen molar-refractivity contribution in [2.45, 2.75) is 56.8 Å². The lowest BCUT2D eigenvalue weighted by molar-refractivity contribution is -0.226. The van der Waals surface area contributed by atoms with Gasteiger partial charge in [0.1, 0.15) is 11.7 Å². The van der Waals surface area contributed by atoms with Crippen LogP contribution in [0, 0.1) is 0 Å². The van der Waals surface area contributed by atoms with Gasteiger partial charge >= 0.3 is 5.97 Å². The van der Waals surface area contributed by atoms with E-state index < -0.39 is 42.0 Å². The van der Waals surface area contributed by atoms with Crippen LogP contribution in [-0.4, -0.2) is 43.0 Å². The van der Waals surface area contributed by atoms with Gasteiger partial charge in [-0.15, -0.1) is 0 Å². The maximum atomic E-state index is 11.9. The van der Waals surface area contributed by atoms with E-state index in [4.69, 9.17) is 23.7 Å². The molecule has 2 aliphatic rings. The van der Waals surface area contributed by atoms with Crippen LogP contribution < -0.4 is 0 Å². The molecule has 0 radical (unpaired) electrons. The minimum atomic E-state index is -0.910. The molecule has 3 aromatic carbocycles. The molecule has 0 N–H and O–H groups in total. The highest BCUT2D eigenvalue weighted by molar-refractivity contribution is 5.66. The smallest absolute Gasteiger partial charge is 0.303 e. The molecule has 0 aromatic heterocycles. The van der Waals surface area contributed by atoms with Gasteiger partial charge in [0.05, 0.1) is 6.61 Å². The largest absolute Gasteiger partial charge is 0.457 e. The first-order chi connectivity index (χ1) is 16.9. The Morgan fingerprint density at radius 2 is 1.31 bits per heavy atom. The summed E-state index contributed by atoms with van der Waals surface area (Å²) in [4.78, 5) is 11.9. The minimum Gasteiger partial charge on any atom is -0.457 e. The zero-order chi connectivity index (χ0) is 24.5. The van der Waals surface area contributed by atoms with Gasteiger partial charge < -0.3 is 23.7 Å². The fourth-order valence-electron chi connectivity index (χ4n) is 4.99. The highest BCUT2D eigenvalue weighted by Gasteiger charge is 2.57. The van der Waals surface area contributed by atoms with E-state index in [2.05, 4.69) is 36.4 Å². The Morgan fingerprint density at radius 1 is 0.829 bits per heavy atom. The standard InChI is InChI=1S/C29H30O6/c1-20(30)32-25-24(33-27-26(25)34-28(2,3)35-27)19-31-29(21-13-7-4-8-14-21,22-15-9-5-10-16-22)23-17-11-6-12-18-23/h4-18,24-27H,19H2,1-3H3/t24-,25+,26-,27-/m1/s1. The van der Waals surface area contributed by atoms with Gasteiger partial charge in [0.2, 0.25) is 0 Å². The summed E-state index contributed by atoms with van der Waals surface area (Å²) in [6.45, 7) is 5.16. The molecule has 0 bridgehead atoms. The Morgan fingerprint density at radius 3 is 1.77 bits per heavy atom. The van der Waals surface area contributed by atoms with Gasteiger partial charge in [-0.25, -0.2) is 0 Å². The van der Waals surface area contributed by atoms with Crippen LogP contribution in [0.4, 0.5) is 0 Å². The second-order valence-electron chi connectivity index (χ2n) is 9.31. The number of fused-ring (bicyclic) bond motifs is 1. The Labute approximate surface area is 205 Å². The average Bonchev–Trinajstić information content (AvgIpc) is 3.33. The monoisotopic (exact) mass is 474 g/mol. The van der Waals surface area contributed by atoms with Crippen molar-refractivity contribution in [3.63, 3.8) is 0 Å². The number of hydrogen-bond acceptors (Lipinski definition) is 6. The van der Waals surface area contributed by atoms with Gasteiger partial charge in [-0.3, -0.25) is 4.79 Å². The molecule has 0 spiro atoms. The van der Waals surface area contributed by atoms with Gasteiger partial charge in [-0.2, -0.15) is 0 Å². The van der Waals surface area contributed by atoms with Crippen molar-refractivity contribution in [2.24, 2.45) is 0 Å². The third-order valence-electron chi connectivity index (χ3n) is 6.39. The molecule has 6 heteroatoms. The lowest BCUT2D eigenvalue weighted by Crippen LogP contribution is -2.42. The Balaban J connectivity index is 1.53. The molecular weight excluding hydrogens is 444 g/mol. The molecule has 3 aromatic rings. The summed E-state index contributed by atoms with van der Waals surface area (Å²) in [5.74, 6) is -1.22. The van der Waals surface area contributed by atoms with E-state index in [-0.39, 0.29) is 6.61 Å². The minimum absolute atomic E-state index is 0.150. The molecule has 2 saturated heterocycles. The lowest BCUT2D eigenvalue weighted by atomic mass is 9.80. The number of hydrogen-bond donors (Lipinski definition) is 0. The van der Waals surface area contributed by atoms with Gasteiger partial charge in [0.15, 0.2) is 24.3 Å². The first-order valence-corrected chi connectivity index (χ1v) is 11.9. The first kappa shape index (κ1) is 23.7.